The fourth-order valence-electron chi connectivity index (χ4n) is 3.31. The van der Waals surface area contributed by atoms with Crippen LogP contribution in [0.3, 0.4) is 0 Å². The van der Waals surface area contributed by atoms with Crippen LogP contribution in [0.4, 0.5) is 0 Å². The average Bonchev–Trinajstić information content (AvgIpc) is 2.85. The van der Waals surface area contributed by atoms with Crippen LogP contribution >= 0.6 is 0 Å². The highest BCUT2D eigenvalue weighted by atomic mass is 15.2. The van der Waals surface area contributed by atoms with E-state index in [2.05, 4.69) is 46.6 Å². The van der Waals surface area contributed by atoms with E-state index in [1.807, 2.05) is 12.3 Å². The number of fused-ring (bicyclic) bond motifs is 1. The van der Waals surface area contributed by atoms with Crippen LogP contribution < -0.4 is 0 Å². The van der Waals surface area contributed by atoms with Gasteiger partial charge in [-0.15, -0.1) is 0 Å². The molecule has 1 aliphatic rings. The fourth-order valence-corrected chi connectivity index (χ4v) is 3.31. The third-order valence-electron chi connectivity index (χ3n) is 4.69. The lowest BCUT2D eigenvalue weighted by atomic mass is 10.00. The molecule has 0 amide bonds. The van der Waals surface area contributed by atoms with Crippen molar-refractivity contribution in [3.05, 3.63) is 24.2 Å². The van der Waals surface area contributed by atoms with Crippen molar-refractivity contribution in [1.29, 1.82) is 0 Å². The van der Waals surface area contributed by atoms with Crippen molar-refractivity contribution in [1.82, 2.24) is 24.3 Å². The Balaban J connectivity index is 1.88. The number of aromatic nitrogens is 3. The molecule has 1 saturated heterocycles. The van der Waals surface area contributed by atoms with Gasteiger partial charge in [-0.3, -0.25) is 0 Å². The molecule has 0 saturated carbocycles. The van der Waals surface area contributed by atoms with Crippen molar-refractivity contribution in [2.45, 2.75) is 38.3 Å². The summed E-state index contributed by atoms with van der Waals surface area (Å²) in [4.78, 5) is 14.1. The molecule has 1 aliphatic heterocycles. The molecule has 1 atom stereocenters. The Morgan fingerprint density at radius 1 is 1.32 bits per heavy atom. The molecule has 5 nitrogen and oxygen atoms in total. The number of hydrogen-bond donors (Lipinski definition) is 0. The van der Waals surface area contributed by atoms with Crippen LogP contribution in [0, 0.1) is 0 Å². The van der Waals surface area contributed by atoms with Crippen molar-refractivity contribution in [3.63, 3.8) is 0 Å². The molecule has 3 heterocycles. The normalized spacial score (nSPS) is 20.1. The number of likely N-dealkylation sites (tertiary alicyclic amines) is 1. The summed E-state index contributed by atoms with van der Waals surface area (Å²) in [7, 11) is 6.47. The van der Waals surface area contributed by atoms with Crippen molar-refractivity contribution >= 4 is 11.2 Å². The molecule has 0 N–H and O–H groups in total. The third kappa shape index (κ3) is 3.31. The summed E-state index contributed by atoms with van der Waals surface area (Å²) in [6, 6.07) is 4.66. The van der Waals surface area contributed by atoms with E-state index >= 15 is 0 Å². The molecule has 120 valence electrons. The van der Waals surface area contributed by atoms with Crippen molar-refractivity contribution in [2.24, 2.45) is 0 Å². The molecule has 1 fully saturated rings. The van der Waals surface area contributed by atoms with Crippen LogP contribution in [0.2, 0.25) is 0 Å². The molecular formula is C17H27N5. The van der Waals surface area contributed by atoms with Crippen LogP contribution in [0.1, 0.15) is 25.1 Å². The van der Waals surface area contributed by atoms with Gasteiger partial charge in [0.2, 0.25) is 0 Å². The minimum absolute atomic E-state index is 0.615. The molecule has 2 aromatic heterocycles. The van der Waals surface area contributed by atoms with E-state index in [4.69, 9.17) is 4.98 Å². The van der Waals surface area contributed by atoms with E-state index in [-0.39, 0.29) is 0 Å². The van der Waals surface area contributed by atoms with E-state index in [1.54, 1.807) is 0 Å². The molecule has 0 aromatic carbocycles. The van der Waals surface area contributed by atoms with E-state index in [1.165, 1.54) is 31.6 Å². The summed E-state index contributed by atoms with van der Waals surface area (Å²) in [5, 5.41) is 0. The maximum atomic E-state index is 4.87. The number of nitrogens with zero attached hydrogens (tertiary/aromatic N) is 5. The van der Waals surface area contributed by atoms with Crippen LogP contribution in [-0.2, 0) is 13.0 Å². The van der Waals surface area contributed by atoms with Gasteiger partial charge in [0.15, 0.2) is 5.65 Å². The number of piperidine rings is 1. The van der Waals surface area contributed by atoms with Gasteiger partial charge < -0.3 is 14.4 Å². The molecule has 0 spiro atoms. The highest BCUT2D eigenvalue weighted by Gasteiger charge is 2.22. The Hall–Kier alpha value is -1.46. The quantitative estimate of drug-likeness (QED) is 0.847. The van der Waals surface area contributed by atoms with Crippen molar-refractivity contribution < 1.29 is 0 Å². The number of likely N-dealkylation sites (N-methyl/N-ethyl adjacent to an activating group) is 2. The SMILES string of the molecule is CN(C)CCn1c(CC2CCCCN2C)nc2cccnc21. The van der Waals surface area contributed by atoms with E-state index in [0.717, 1.165) is 30.7 Å². The molecule has 0 bridgehead atoms. The predicted molar refractivity (Wildman–Crippen MR) is 90.1 cm³/mol. The second-order valence-corrected chi connectivity index (χ2v) is 6.66. The van der Waals surface area contributed by atoms with Crippen LogP contribution in [0.5, 0.6) is 0 Å². The fraction of sp³-hybridized carbons (Fsp3) is 0.647. The summed E-state index contributed by atoms with van der Waals surface area (Å²) in [5.74, 6) is 1.19. The van der Waals surface area contributed by atoms with Gasteiger partial charge in [-0.25, -0.2) is 9.97 Å². The average molecular weight is 301 g/mol. The Kier molecular flexibility index (Phi) is 4.74. The van der Waals surface area contributed by atoms with Crippen LogP contribution in [0.25, 0.3) is 11.2 Å². The van der Waals surface area contributed by atoms with Gasteiger partial charge in [-0.05, 0) is 52.7 Å². The number of imidazole rings is 1. The summed E-state index contributed by atoms with van der Waals surface area (Å²) in [6.45, 7) is 3.17. The Labute approximate surface area is 132 Å². The lowest BCUT2D eigenvalue weighted by molar-refractivity contribution is 0.181. The predicted octanol–water partition coefficient (Wildman–Crippen LogP) is 2.02. The topological polar surface area (TPSA) is 37.2 Å². The van der Waals surface area contributed by atoms with Gasteiger partial charge in [-0.1, -0.05) is 6.42 Å². The molecule has 0 radical (unpaired) electrons. The van der Waals surface area contributed by atoms with Gasteiger partial charge in [0, 0.05) is 31.7 Å². The molecule has 22 heavy (non-hydrogen) atoms. The lowest BCUT2D eigenvalue weighted by Crippen LogP contribution is -2.38. The largest absolute Gasteiger partial charge is 0.311 e. The number of rotatable bonds is 5. The Morgan fingerprint density at radius 2 is 2.18 bits per heavy atom. The van der Waals surface area contributed by atoms with E-state index in [9.17, 15) is 0 Å². The zero-order valence-corrected chi connectivity index (χ0v) is 14.0. The zero-order valence-electron chi connectivity index (χ0n) is 14.0. The first kappa shape index (κ1) is 15.4. The van der Waals surface area contributed by atoms with Gasteiger partial charge in [0.05, 0.1) is 0 Å². The molecular weight excluding hydrogens is 274 g/mol. The first-order chi connectivity index (χ1) is 10.6. The first-order valence-electron chi connectivity index (χ1n) is 8.30. The van der Waals surface area contributed by atoms with Crippen molar-refractivity contribution in [3.8, 4) is 0 Å². The van der Waals surface area contributed by atoms with Crippen LogP contribution in [-0.4, -0.2) is 64.6 Å². The number of hydrogen-bond acceptors (Lipinski definition) is 4. The second-order valence-electron chi connectivity index (χ2n) is 6.66. The minimum Gasteiger partial charge on any atom is -0.311 e. The van der Waals surface area contributed by atoms with Crippen LogP contribution in [0.15, 0.2) is 18.3 Å². The summed E-state index contributed by atoms with van der Waals surface area (Å²) < 4.78 is 2.32. The van der Waals surface area contributed by atoms with E-state index < -0.39 is 0 Å². The van der Waals surface area contributed by atoms with E-state index in [0.29, 0.717) is 6.04 Å². The highest BCUT2D eigenvalue weighted by Crippen LogP contribution is 2.21. The Morgan fingerprint density at radius 3 is 2.95 bits per heavy atom. The molecule has 1 unspecified atom stereocenters. The van der Waals surface area contributed by atoms with Gasteiger partial charge in [-0.2, -0.15) is 0 Å². The highest BCUT2D eigenvalue weighted by molar-refractivity contribution is 5.71. The first-order valence-corrected chi connectivity index (χ1v) is 8.30. The third-order valence-corrected chi connectivity index (χ3v) is 4.69. The second kappa shape index (κ2) is 6.75. The lowest BCUT2D eigenvalue weighted by Gasteiger charge is -2.32. The smallest absolute Gasteiger partial charge is 0.160 e. The standard InChI is InChI=1S/C17H27N5/c1-20(2)11-12-22-16(13-14-7-4-5-10-21(14)3)19-15-8-6-9-18-17(15)22/h6,8-9,14H,4-5,7,10-13H2,1-3H3. The summed E-state index contributed by atoms with van der Waals surface area (Å²) in [5.41, 5.74) is 2.05. The molecule has 0 aliphatic carbocycles. The molecule has 2 aromatic rings. The van der Waals surface area contributed by atoms with Gasteiger partial charge in [0.25, 0.3) is 0 Å². The molecule has 3 rings (SSSR count). The monoisotopic (exact) mass is 301 g/mol. The minimum atomic E-state index is 0.615. The summed E-state index contributed by atoms with van der Waals surface area (Å²) in [6.07, 6.45) is 6.84. The maximum absolute atomic E-state index is 4.87. The maximum Gasteiger partial charge on any atom is 0.160 e. The van der Waals surface area contributed by atoms with Crippen molar-refractivity contribution in [2.75, 3.05) is 34.2 Å². The summed E-state index contributed by atoms with van der Waals surface area (Å²) >= 11 is 0. The van der Waals surface area contributed by atoms with Gasteiger partial charge in [0.1, 0.15) is 11.3 Å². The van der Waals surface area contributed by atoms with Gasteiger partial charge >= 0.3 is 0 Å². The zero-order chi connectivity index (χ0) is 15.5. The Bertz CT molecular complexity index is 619. The molecule has 5 heteroatoms. The number of pyridine rings is 1.